The van der Waals surface area contributed by atoms with E-state index >= 15 is 0 Å². The van der Waals surface area contributed by atoms with E-state index in [-0.39, 0.29) is 12.5 Å². The maximum atomic E-state index is 10.3. The summed E-state index contributed by atoms with van der Waals surface area (Å²) in [5.74, 6) is -0.731. The first kappa shape index (κ1) is 22.6. The van der Waals surface area contributed by atoms with Crippen LogP contribution in [0.25, 0.3) is 0 Å². The average molecular weight is 338 g/mol. The molecule has 0 rings (SSSR count). The second-order valence-corrected chi connectivity index (χ2v) is 5.96. The summed E-state index contributed by atoms with van der Waals surface area (Å²) in [6, 6.07) is 0. The molecule has 1 atom stereocenters. The fraction of sp³-hybridized carbons (Fsp3) is 0.650. The van der Waals surface area contributed by atoms with Crippen molar-refractivity contribution in [3.05, 3.63) is 36.5 Å². The molecule has 0 amide bonds. The lowest BCUT2D eigenvalue weighted by atomic mass is 10.1. The lowest BCUT2D eigenvalue weighted by Crippen LogP contribution is -2.05. The van der Waals surface area contributed by atoms with E-state index in [4.69, 9.17) is 10.4 Å². The third kappa shape index (κ3) is 17.0. The average Bonchev–Trinajstić information content (AvgIpc) is 2.57. The van der Waals surface area contributed by atoms with Crippen molar-refractivity contribution < 1.29 is 20.0 Å². The molecule has 0 aliphatic rings. The van der Waals surface area contributed by atoms with Gasteiger partial charge in [-0.05, 0) is 51.4 Å². The normalized spacial score (nSPS) is 13.4. The molecule has 2 N–H and O–H groups in total. The Labute approximate surface area is 146 Å². The summed E-state index contributed by atoms with van der Waals surface area (Å²) < 4.78 is 0. The van der Waals surface area contributed by atoms with E-state index in [9.17, 15) is 4.79 Å². The summed E-state index contributed by atoms with van der Waals surface area (Å²) >= 11 is 0. The van der Waals surface area contributed by atoms with Crippen LogP contribution in [-0.2, 0) is 9.68 Å². The van der Waals surface area contributed by atoms with E-state index in [1.807, 2.05) is 12.2 Å². The van der Waals surface area contributed by atoms with Crippen molar-refractivity contribution in [3.63, 3.8) is 0 Å². The van der Waals surface area contributed by atoms with Gasteiger partial charge in [0, 0.05) is 6.42 Å². The van der Waals surface area contributed by atoms with Gasteiger partial charge in [-0.1, -0.05) is 56.2 Å². The molecule has 0 aliphatic carbocycles. The summed E-state index contributed by atoms with van der Waals surface area (Å²) in [4.78, 5) is 14.8. The van der Waals surface area contributed by atoms with E-state index in [1.54, 1.807) is 0 Å². The lowest BCUT2D eigenvalue weighted by Gasteiger charge is -2.05. The van der Waals surface area contributed by atoms with Gasteiger partial charge >= 0.3 is 5.97 Å². The highest BCUT2D eigenvalue weighted by molar-refractivity contribution is 5.66. The molecule has 24 heavy (non-hydrogen) atoms. The Bertz CT molecular complexity index is 372. The Hall–Kier alpha value is -1.39. The first-order valence-corrected chi connectivity index (χ1v) is 9.19. The van der Waals surface area contributed by atoms with Crippen molar-refractivity contribution in [2.75, 3.05) is 0 Å². The summed E-state index contributed by atoms with van der Waals surface area (Å²) in [6.45, 7) is 2.19. The molecule has 0 saturated heterocycles. The Morgan fingerprint density at radius 2 is 1.54 bits per heavy atom. The molecule has 0 aromatic heterocycles. The molecule has 0 aromatic rings. The molecule has 0 aliphatic heterocycles. The molecular weight excluding hydrogens is 304 g/mol. The number of unbranched alkanes of at least 4 members (excludes halogenated alkanes) is 6. The number of hydrogen-bond donors (Lipinski definition) is 2. The number of allylic oxidation sites excluding steroid dienone is 4. The Morgan fingerprint density at radius 3 is 2.21 bits per heavy atom. The van der Waals surface area contributed by atoms with Gasteiger partial charge < -0.3 is 5.11 Å². The molecule has 0 fully saturated rings. The van der Waals surface area contributed by atoms with Crippen molar-refractivity contribution in [3.8, 4) is 0 Å². The fourth-order valence-corrected chi connectivity index (χ4v) is 2.23. The van der Waals surface area contributed by atoms with Gasteiger partial charge in [0.1, 0.15) is 6.10 Å². The zero-order valence-corrected chi connectivity index (χ0v) is 15.0. The molecule has 0 spiro atoms. The second kappa shape index (κ2) is 18.0. The molecule has 4 nitrogen and oxygen atoms in total. The summed E-state index contributed by atoms with van der Waals surface area (Å²) in [6.07, 6.45) is 22.3. The SMILES string of the molecule is CCCCCC=CC[C@@H](C=CCCCC=CCCCC(=O)O)OO. The highest BCUT2D eigenvalue weighted by Crippen LogP contribution is 2.06. The number of aliphatic carboxylic acids is 1. The predicted molar refractivity (Wildman–Crippen MR) is 99.0 cm³/mol. The van der Waals surface area contributed by atoms with Crippen LogP contribution in [0.3, 0.4) is 0 Å². The molecule has 0 bridgehead atoms. The van der Waals surface area contributed by atoms with E-state index in [2.05, 4.69) is 36.1 Å². The van der Waals surface area contributed by atoms with E-state index in [1.165, 1.54) is 19.3 Å². The second-order valence-electron chi connectivity index (χ2n) is 5.96. The van der Waals surface area contributed by atoms with Gasteiger partial charge in [-0.3, -0.25) is 10.1 Å². The van der Waals surface area contributed by atoms with E-state index < -0.39 is 5.97 Å². The highest BCUT2D eigenvalue weighted by atomic mass is 17.1. The van der Waals surface area contributed by atoms with Crippen molar-refractivity contribution in [2.24, 2.45) is 0 Å². The van der Waals surface area contributed by atoms with Gasteiger partial charge in [-0.25, -0.2) is 4.89 Å². The van der Waals surface area contributed by atoms with Gasteiger partial charge in [-0.15, -0.1) is 0 Å². The molecule has 0 saturated carbocycles. The van der Waals surface area contributed by atoms with E-state index in [0.717, 1.165) is 32.1 Å². The number of carboxylic acids is 1. The first-order valence-electron chi connectivity index (χ1n) is 9.19. The number of carbonyl (C=O) groups is 1. The maximum absolute atomic E-state index is 10.3. The van der Waals surface area contributed by atoms with E-state index in [0.29, 0.717) is 12.8 Å². The van der Waals surface area contributed by atoms with Crippen LogP contribution in [-0.4, -0.2) is 22.4 Å². The van der Waals surface area contributed by atoms with Gasteiger partial charge in [0.15, 0.2) is 0 Å². The third-order valence-electron chi connectivity index (χ3n) is 3.67. The van der Waals surface area contributed by atoms with Crippen LogP contribution in [0.2, 0.25) is 0 Å². The van der Waals surface area contributed by atoms with Gasteiger partial charge in [0.25, 0.3) is 0 Å². The van der Waals surface area contributed by atoms with Crippen LogP contribution < -0.4 is 0 Å². The topological polar surface area (TPSA) is 66.8 Å². The molecular formula is C20H34O4. The minimum Gasteiger partial charge on any atom is -0.481 e. The molecule has 0 unspecified atom stereocenters. The third-order valence-corrected chi connectivity index (χ3v) is 3.67. The van der Waals surface area contributed by atoms with Gasteiger partial charge in [0.2, 0.25) is 0 Å². The molecule has 0 radical (unpaired) electrons. The predicted octanol–water partition coefficient (Wildman–Crippen LogP) is 5.91. The zero-order valence-electron chi connectivity index (χ0n) is 15.0. The summed E-state index contributed by atoms with van der Waals surface area (Å²) in [5.41, 5.74) is 0. The maximum Gasteiger partial charge on any atom is 0.303 e. The zero-order chi connectivity index (χ0) is 17.9. The Balaban J connectivity index is 3.64. The van der Waals surface area contributed by atoms with Crippen LogP contribution in [0.1, 0.15) is 77.6 Å². The van der Waals surface area contributed by atoms with Crippen LogP contribution in [0.4, 0.5) is 0 Å². The quantitative estimate of drug-likeness (QED) is 0.159. The van der Waals surface area contributed by atoms with Crippen molar-refractivity contribution >= 4 is 5.97 Å². The van der Waals surface area contributed by atoms with Crippen LogP contribution >= 0.6 is 0 Å². The van der Waals surface area contributed by atoms with Gasteiger partial charge in [0.05, 0.1) is 0 Å². The largest absolute Gasteiger partial charge is 0.481 e. The standard InChI is InChI=1S/C20H34O4/c1-2-3-4-5-10-13-16-19(24-23)17-14-11-8-6-7-9-12-15-18-20(21)22/h7,9-10,13-14,17,19,23H,2-6,8,11-12,15-16,18H2,1H3,(H,21,22)/t19-/m0/s1. The van der Waals surface area contributed by atoms with Crippen molar-refractivity contribution in [1.29, 1.82) is 0 Å². The van der Waals surface area contributed by atoms with Crippen molar-refractivity contribution in [2.45, 2.75) is 83.7 Å². The highest BCUT2D eigenvalue weighted by Gasteiger charge is 2.00. The molecule has 0 aromatic carbocycles. The van der Waals surface area contributed by atoms with Crippen LogP contribution in [0.5, 0.6) is 0 Å². The minimum absolute atomic E-state index is 0.239. The Morgan fingerprint density at radius 1 is 0.917 bits per heavy atom. The Kier molecular flexibility index (Phi) is 16.9. The van der Waals surface area contributed by atoms with Crippen molar-refractivity contribution in [1.82, 2.24) is 0 Å². The van der Waals surface area contributed by atoms with Gasteiger partial charge in [-0.2, -0.15) is 0 Å². The minimum atomic E-state index is -0.731. The first-order chi connectivity index (χ1) is 11.7. The number of hydrogen-bond acceptors (Lipinski definition) is 3. The molecule has 0 heterocycles. The lowest BCUT2D eigenvalue weighted by molar-refractivity contribution is -0.264. The smallest absolute Gasteiger partial charge is 0.303 e. The number of carboxylic acid groups (broad SMARTS) is 1. The monoisotopic (exact) mass is 338 g/mol. The van der Waals surface area contributed by atoms with Crippen LogP contribution in [0, 0.1) is 0 Å². The molecule has 138 valence electrons. The molecule has 4 heteroatoms. The summed E-state index contributed by atoms with van der Waals surface area (Å²) in [7, 11) is 0. The summed E-state index contributed by atoms with van der Waals surface area (Å²) in [5, 5.41) is 17.4. The van der Waals surface area contributed by atoms with Crippen LogP contribution in [0.15, 0.2) is 36.5 Å². The number of rotatable bonds is 16. The fourth-order valence-electron chi connectivity index (χ4n) is 2.23.